The molecule has 2 aromatic rings. The first-order chi connectivity index (χ1) is 12.0. The molecule has 1 aliphatic heterocycles. The highest BCUT2D eigenvalue weighted by Crippen LogP contribution is 2.23. The number of piperazine rings is 1. The van der Waals surface area contributed by atoms with Gasteiger partial charge in [0.15, 0.2) is 11.5 Å². The summed E-state index contributed by atoms with van der Waals surface area (Å²) in [5.74, 6) is 0.257. The van der Waals surface area contributed by atoms with Crippen molar-refractivity contribution in [2.75, 3.05) is 30.3 Å². The summed E-state index contributed by atoms with van der Waals surface area (Å²) in [5, 5.41) is 30.6. The lowest BCUT2D eigenvalue weighted by molar-refractivity contribution is -0.384. The van der Waals surface area contributed by atoms with E-state index in [1.54, 1.807) is 12.1 Å². The van der Waals surface area contributed by atoms with Crippen LogP contribution in [-0.2, 0) is 0 Å². The number of oxime groups is 1. The van der Waals surface area contributed by atoms with Gasteiger partial charge in [-0.15, -0.1) is 0 Å². The van der Waals surface area contributed by atoms with Crippen LogP contribution in [-0.4, -0.2) is 56.9 Å². The Bertz CT molecular complexity index is 789. The van der Waals surface area contributed by atoms with Gasteiger partial charge in [0.05, 0.1) is 4.92 Å². The molecule has 3 N–H and O–H groups in total. The summed E-state index contributed by atoms with van der Waals surface area (Å²) in [7, 11) is 0. The Morgan fingerprint density at radius 2 is 2.12 bits per heavy atom. The maximum atomic E-state index is 10.8. The van der Waals surface area contributed by atoms with Crippen LogP contribution < -0.4 is 10.6 Å². The van der Waals surface area contributed by atoms with Gasteiger partial charge in [0.1, 0.15) is 0 Å². The summed E-state index contributed by atoms with van der Waals surface area (Å²) in [4.78, 5) is 14.3. The van der Waals surface area contributed by atoms with Crippen molar-refractivity contribution < 1.29 is 14.8 Å². The van der Waals surface area contributed by atoms with E-state index >= 15 is 0 Å². The number of non-ortho nitro benzene ring substituents is 1. The van der Waals surface area contributed by atoms with Crippen LogP contribution in [0.15, 0.2) is 34.1 Å². The van der Waals surface area contributed by atoms with Crippen LogP contribution in [0.25, 0.3) is 0 Å². The molecule has 0 bridgehead atoms. The van der Waals surface area contributed by atoms with Gasteiger partial charge in [0.2, 0.25) is 5.84 Å². The lowest BCUT2D eigenvalue weighted by Crippen LogP contribution is -2.54. The van der Waals surface area contributed by atoms with Crippen molar-refractivity contribution in [1.29, 1.82) is 0 Å². The number of anilines is 2. The molecule has 0 amide bonds. The Hall–Kier alpha value is -3.37. The lowest BCUT2D eigenvalue weighted by atomic mass is 10.1. The molecule has 132 valence electrons. The zero-order valence-electron chi connectivity index (χ0n) is 13.4. The molecule has 25 heavy (non-hydrogen) atoms. The average molecular weight is 347 g/mol. The van der Waals surface area contributed by atoms with Gasteiger partial charge >= 0.3 is 0 Å². The number of nitrogens with zero attached hydrogens (tertiary/aromatic N) is 6. The number of nitro groups is 1. The van der Waals surface area contributed by atoms with Crippen molar-refractivity contribution in [2.45, 2.75) is 13.0 Å². The Morgan fingerprint density at radius 1 is 1.40 bits per heavy atom. The SMILES string of the molecule is C[C@H]1CN(c2ccc([N+](=O)[O-])cc2)CCN1/C(=N/O)c1nonc1N. The minimum atomic E-state index is -0.426. The fourth-order valence-electron chi connectivity index (χ4n) is 2.88. The number of nitrogens with two attached hydrogens (primary N) is 1. The van der Waals surface area contributed by atoms with Crippen LogP contribution in [0, 0.1) is 10.1 Å². The highest BCUT2D eigenvalue weighted by molar-refractivity contribution is 6.00. The quantitative estimate of drug-likeness (QED) is 0.272. The van der Waals surface area contributed by atoms with Crippen LogP contribution in [0.1, 0.15) is 12.6 Å². The van der Waals surface area contributed by atoms with Crippen LogP contribution in [0.4, 0.5) is 17.2 Å². The van der Waals surface area contributed by atoms with Gasteiger partial charge in [-0.1, -0.05) is 5.16 Å². The Morgan fingerprint density at radius 3 is 2.64 bits per heavy atom. The number of nitro benzene ring substituents is 1. The van der Waals surface area contributed by atoms with E-state index in [0.717, 1.165) is 5.69 Å². The van der Waals surface area contributed by atoms with E-state index in [4.69, 9.17) is 5.73 Å². The standard InChI is InChI=1S/C14H17N7O4/c1-9-8-19(10-2-4-11(5-3-10)21(23)24)6-7-20(9)14(16-22)12-13(15)18-25-17-12/h2-5,9,22H,6-8H2,1H3,(H2,15,18)/b16-14+/t9-/m0/s1. The van der Waals surface area contributed by atoms with Gasteiger partial charge < -0.3 is 20.7 Å². The molecule has 0 spiro atoms. The molecule has 0 aliphatic carbocycles. The second-order valence-corrected chi connectivity index (χ2v) is 5.68. The molecule has 1 saturated heterocycles. The molecular formula is C14H17N7O4. The number of hydrogen-bond donors (Lipinski definition) is 2. The van der Waals surface area contributed by atoms with Gasteiger partial charge in [0.25, 0.3) is 5.69 Å². The molecule has 11 heteroatoms. The van der Waals surface area contributed by atoms with Gasteiger partial charge in [-0.2, -0.15) is 0 Å². The van der Waals surface area contributed by atoms with E-state index in [0.29, 0.717) is 19.6 Å². The summed E-state index contributed by atoms with van der Waals surface area (Å²) in [6, 6.07) is 6.39. The second kappa shape index (κ2) is 6.63. The summed E-state index contributed by atoms with van der Waals surface area (Å²) in [5.41, 5.74) is 6.81. The van der Waals surface area contributed by atoms with Gasteiger partial charge in [-0.25, -0.2) is 4.63 Å². The normalized spacial score (nSPS) is 18.4. The number of aromatic nitrogens is 2. The van der Waals surface area contributed by atoms with Gasteiger partial charge in [-0.05, 0) is 29.4 Å². The molecule has 1 aromatic heterocycles. The monoisotopic (exact) mass is 347 g/mol. The van der Waals surface area contributed by atoms with E-state index in [-0.39, 0.29) is 29.1 Å². The minimum Gasteiger partial charge on any atom is -0.409 e. The van der Waals surface area contributed by atoms with Gasteiger partial charge in [0, 0.05) is 43.5 Å². The average Bonchev–Trinajstić information content (AvgIpc) is 3.03. The summed E-state index contributed by atoms with van der Waals surface area (Å²) < 4.78 is 4.57. The lowest BCUT2D eigenvalue weighted by Gasteiger charge is -2.41. The molecule has 0 unspecified atom stereocenters. The molecular weight excluding hydrogens is 330 g/mol. The fourth-order valence-corrected chi connectivity index (χ4v) is 2.88. The topological polar surface area (TPSA) is 147 Å². The molecule has 11 nitrogen and oxygen atoms in total. The summed E-state index contributed by atoms with van der Waals surface area (Å²) in [6.45, 7) is 3.77. The first kappa shape index (κ1) is 16.5. The van der Waals surface area contributed by atoms with E-state index in [9.17, 15) is 15.3 Å². The maximum absolute atomic E-state index is 10.8. The van der Waals surface area contributed by atoms with Crippen molar-refractivity contribution in [2.24, 2.45) is 5.16 Å². The third-order valence-corrected chi connectivity index (χ3v) is 4.15. The smallest absolute Gasteiger partial charge is 0.269 e. The third kappa shape index (κ3) is 3.16. The number of rotatable bonds is 3. The second-order valence-electron chi connectivity index (χ2n) is 5.68. The van der Waals surface area contributed by atoms with Crippen molar-refractivity contribution in [1.82, 2.24) is 15.2 Å². The van der Waals surface area contributed by atoms with Crippen LogP contribution in [0.3, 0.4) is 0 Å². The van der Waals surface area contributed by atoms with Crippen molar-refractivity contribution in [3.8, 4) is 0 Å². The predicted octanol–water partition coefficient (Wildman–Crippen LogP) is 0.907. The Labute approximate surface area is 142 Å². The largest absolute Gasteiger partial charge is 0.409 e. The molecule has 2 heterocycles. The third-order valence-electron chi connectivity index (χ3n) is 4.15. The number of hydrogen-bond acceptors (Lipinski definition) is 9. The fraction of sp³-hybridized carbons (Fsp3) is 0.357. The first-order valence-electron chi connectivity index (χ1n) is 7.57. The van der Waals surface area contributed by atoms with E-state index in [2.05, 4.69) is 25.0 Å². The Kier molecular flexibility index (Phi) is 4.37. The predicted molar refractivity (Wildman–Crippen MR) is 88.5 cm³/mol. The Balaban J connectivity index is 1.74. The zero-order chi connectivity index (χ0) is 18.0. The van der Waals surface area contributed by atoms with Crippen molar-refractivity contribution in [3.05, 3.63) is 40.1 Å². The minimum absolute atomic E-state index is 0.0223. The highest BCUT2D eigenvalue weighted by Gasteiger charge is 2.30. The number of nitrogen functional groups attached to an aromatic ring is 1. The van der Waals surface area contributed by atoms with Crippen molar-refractivity contribution >= 4 is 23.0 Å². The molecule has 0 radical (unpaired) electrons. The van der Waals surface area contributed by atoms with E-state index in [1.807, 2.05) is 11.8 Å². The molecule has 1 aliphatic rings. The molecule has 3 rings (SSSR count). The summed E-state index contributed by atoms with van der Waals surface area (Å²) in [6.07, 6.45) is 0. The van der Waals surface area contributed by atoms with Crippen LogP contribution >= 0.6 is 0 Å². The molecule has 1 atom stereocenters. The van der Waals surface area contributed by atoms with Gasteiger partial charge in [-0.3, -0.25) is 10.1 Å². The van der Waals surface area contributed by atoms with Crippen LogP contribution in [0.5, 0.6) is 0 Å². The molecule has 0 saturated carbocycles. The van der Waals surface area contributed by atoms with E-state index < -0.39 is 4.92 Å². The molecule has 1 fully saturated rings. The zero-order valence-corrected chi connectivity index (χ0v) is 13.4. The first-order valence-corrected chi connectivity index (χ1v) is 7.57. The number of benzene rings is 1. The number of amidine groups is 1. The molecule has 1 aromatic carbocycles. The van der Waals surface area contributed by atoms with E-state index in [1.165, 1.54) is 12.1 Å². The van der Waals surface area contributed by atoms with Crippen LogP contribution in [0.2, 0.25) is 0 Å². The summed E-state index contributed by atoms with van der Waals surface area (Å²) >= 11 is 0. The maximum Gasteiger partial charge on any atom is 0.269 e. The highest BCUT2D eigenvalue weighted by atomic mass is 16.6. The van der Waals surface area contributed by atoms with Crippen molar-refractivity contribution in [3.63, 3.8) is 0 Å².